The lowest BCUT2D eigenvalue weighted by atomic mass is 10.1. The number of carbonyl (C=O) groups excluding carboxylic acids is 4. The van der Waals surface area contributed by atoms with Crippen LogP contribution >= 0.6 is 0 Å². The third-order valence-corrected chi connectivity index (χ3v) is 3.45. The predicted molar refractivity (Wildman–Crippen MR) is 94.7 cm³/mol. The molecule has 0 saturated carbocycles. The van der Waals surface area contributed by atoms with Crippen LogP contribution in [0, 0.1) is 11.6 Å². The molecule has 2 rings (SSSR count). The van der Waals surface area contributed by atoms with Crippen LogP contribution in [0.2, 0.25) is 0 Å². The van der Waals surface area contributed by atoms with Crippen molar-refractivity contribution in [2.75, 3.05) is 18.5 Å². The van der Waals surface area contributed by atoms with Crippen molar-refractivity contribution in [3.05, 3.63) is 65.2 Å². The molecule has 2 aromatic rings. The molecule has 0 radical (unpaired) electrons. The van der Waals surface area contributed by atoms with E-state index in [-0.39, 0.29) is 16.8 Å². The second-order valence-electron chi connectivity index (χ2n) is 5.65. The summed E-state index contributed by atoms with van der Waals surface area (Å²) in [7, 11) is 0. The van der Waals surface area contributed by atoms with Crippen LogP contribution in [0.4, 0.5) is 14.5 Å². The number of amides is 2. The zero-order valence-electron chi connectivity index (χ0n) is 14.8. The van der Waals surface area contributed by atoms with Crippen molar-refractivity contribution >= 4 is 29.3 Å². The van der Waals surface area contributed by atoms with Crippen LogP contribution in [0.15, 0.2) is 42.5 Å². The molecule has 0 aromatic heterocycles. The number of ketones is 1. The van der Waals surface area contributed by atoms with E-state index in [1.165, 1.54) is 25.1 Å². The van der Waals surface area contributed by atoms with Gasteiger partial charge >= 0.3 is 5.97 Å². The minimum Gasteiger partial charge on any atom is -0.456 e. The van der Waals surface area contributed by atoms with E-state index in [4.69, 9.17) is 4.74 Å². The highest BCUT2D eigenvalue weighted by Crippen LogP contribution is 2.15. The van der Waals surface area contributed by atoms with Crippen molar-refractivity contribution in [1.82, 2.24) is 5.32 Å². The lowest BCUT2D eigenvalue weighted by molar-refractivity contribution is -0.141. The van der Waals surface area contributed by atoms with Gasteiger partial charge in [-0.3, -0.25) is 19.2 Å². The zero-order valence-corrected chi connectivity index (χ0v) is 14.8. The average molecular weight is 390 g/mol. The van der Waals surface area contributed by atoms with Gasteiger partial charge in [-0.25, -0.2) is 8.78 Å². The van der Waals surface area contributed by atoms with Crippen LogP contribution in [0.1, 0.15) is 27.6 Å². The highest BCUT2D eigenvalue weighted by molar-refractivity contribution is 5.99. The third kappa shape index (κ3) is 5.97. The van der Waals surface area contributed by atoms with Gasteiger partial charge in [-0.1, -0.05) is 0 Å². The zero-order chi connectivity index (χ0) is 20.7. The van der Waals surface area contributed by atoms with E-state index in [1.807, 2.05) is 0 Å². The summed E-state index contributed by atoms with van der Waals surface area (Å²) in [5.41, 5.74) is 0.0194. The fraction of sp³-hybridized carbons (Fsp3) is 0.158. The van der Waals surface area contributed by atoms with Gasteiger partial charge in [0.1, 0.15) is 18.2 Å². The molecule has 2 N–H and O–H groups in total. The Balaban J connectivity index is 1.83. The van der Waals surface area contributed by atoms with Crippen LogP contribution in [0.3, 0.4) is 0 Å². The summed E-state index contributed by atoms with van der Waals surface area (Å²) in [6.07, 6.45) is 0. The first-order valence-electron chi connectivity index (χ1n) is 8.06. The van der Waals surface area contributed by atoms with Crippen molar-refractivity contribution in [1.29, 1.82) is 0 Å². The summed E-state index contributed by atoms with van der Waals surface area (Å²) in [5.74, 6) is -4.09. The van der Waals surface area contributed by atoms with Crippen LogP contribution in [0.25, 0.3) is 0 Å². The number of benzene rings is 2. The van der Waals surface area contributed by atoms with Crippen molar-refractivity contribution < 1.29 is 32.7 Å². The van der Waals surface area contributed by atoms with E-state index in [0.717, 1.165) is 24.3 Å². The molecule has 2 amide bonds. The lowest BCUT2D eigenvalue weighted by Gasteiger charge is -2.08. The topological polar surface area (TPSA) is 102 Å². The molecule has 0 bridgehead atoms. The van der Waals surface area contributed by atoms with Gasteiger partial charge in [-0.15, -0.1) is 0 Å². The molecule has 9 heteroatoms. The van der Waals surface area contributed by atoms with Gasteiger partial charge in [0.25, 0.3) is 5.91 Å². The molecule has 28 heavy (non-hydrogen) atoms. The number of carbonyl (C=O) groups is 4. The van der Waals surface area contributed by atoms with Gasteiger partial charge < -0.3 is 15.4 Å². The maximum absolute atomic E-state index is 13.9. The van der Waals surface area contributed by atoms with E-state index < -0.39 is 48.4 Å². The second kappa shape index (κ2) is 9.36. The number of hydrogen-bond donors (Lipinski definition) is 2. The first-order chi connectivity index (χ1) is 13.3. The highest BCUT2D eigenvalue weighted by Gasteiger charge is 2.16. The van der Waals surface area contributed by atoms with Crippen LogP contribution < -0.4 is 10.6 Å². The summed E-state index contributed by atoms with van der Waals surface area (Å²) >= 11 is 0. The largest absolute Gasteiger partial charge is 0.456 e. The third-order valence-electron chi connectivity index (χ3n) is 3.45. The molecular weight excluding hydrogens is 374 g/mol. The highest BCUT2D eigenvalue weighted by atomic mass is 19.1. The van der Waals surface area contributed by atoms with E-state index in [9.17, 15) is 28.0 Å². The fourth-order valence-corrected chi connectivity index (χ4v) is 2.15. The molecule has 0 unspecified atom stereocenters. The Bertz CT molecular complexity index is 913. The van der Waals surface area contributed by atoms with Crippen molar-refractivity contribution in [3.63, 3.8) is 0 Å². The van der Waals surface area contributed by atoms with E-state index >= 15 is 0 Å². The average Bonchev–Trinajstić information content (AvgIpc) is 2.64. The summed E-state index contributed by atoms with van der Waals surface area (Å²) < 4.78 is 31.5. The fourth-order valence-electron chi connectivity index (χ4n) is 2.15. The van der Waals surface area contributed by atoms with E-state index in [1.54, 1.807) is 0 Å². The molecule has 2 aromatic carbocycles. The van der Waals surface area contributed by atoms with Gasteiger partial charge in [-0.05, 0) is 42.5 Å². The van der Waals surface area contributed by atoms with Crippen LogP contribution in [-0.4, -0.2) is 36.7 Å². The normalized spacial score (nSPS) is 10.1. The molecule has 0 aliphatic carbocycles. The summed E-state index contributed by atoms with van der Waals surface area (Å²) in [5, 5.41) is 4.63. The first kappa shape index (κ1) is 20.7. The molecule has 0 aliphatic heterocycles. The summed E-state index contributed by atoms with van der Waals surface area (Å²) in [4.78, 5) is 46.3. The SMILES string of the molecule is CC(=O)Nc1ccc(C(=O)COC(=O)CNC(=O)c2ccc(F)cc2)c(F)c1. The van der Waals surface area contributed by atoms with Gasteiger partial charge in [0, 0.05) is 18.2 Å². The molecule has 0 atom stereocenters. The first-order valence-corrected chi connectivity index (χ1v) is 8.06. The number of hydrogen-bond acceptors (Lipinski definition) is 5. The maximum Gasteiger partial charge on any atom is 0.325 e. The molecule has 0 aliphatic rings. The summed E-state index contributed by atoms with van der Waals surface area (Å²) in [6.45, 7) is 0.0143. The quantitative estimate of drug-likeness (QED) is 0.557. The molecule has 0 heterocycles. The van der Waals surface area contributed by atoms with Crippen molar-refractivity contribution in [2.45, 2.75) is 6.92 Å². The number of ether oxygens (including phenoxy) is 1. The number of esters is 1. The number of nitrogens with one attached hydrogen (secondary N) is 2. The number of rotatable bonds is 7. The number of anilines is 1. The van der Waals surface area contributed by atoms with Gasteiger partial charge in [-0.2, -0.15) is 0 Å². The van der Waals surface area contributed by atoms with Gasteiger partial charge in [0.2, 0.25) is 11.7 Å². The molecule has 0 spiro atoms. The molecule has 0 saturated heterocycles. The Labute approximate surface area is 158 Å². The number of Topliss-reactive ketones (excluding diaryl/α,β-unsaturated/α-hetero) is 1. The van der Waals surface area contributed by atoms with Gasteiger partial charge in [0.15, 0.2) is 6.61 Å². The maximum atomic E-state index is 13.9. The Morgan fingerprint density at radius 1 is 1.00 bits per heavy atom. The van der Waals surface area contributed by atoms with Crippen molar-refractivity contribution in [2.24, 2.45) is 0 Å². The van der Waals surface area contributed by atoms with Gasteiger partial charge in [0.05, 0.1) is 5.56 Å². The molecule has 7 nitrogen and oxygen atoms in total. The van der Waals surface area contributed by atoms with E-state index in [2.05, 4.69) is 10.6 Å². The molecule has 0 fully saturated rings. The molecular formula is C19H16F2N2O5. The Morgan fingerprint density at radius 2 is 1.68 bits per heavy atom. The smallest absolute Gasteiger partial charge is 0.325 e. The standard InChI is InChI=1S/C19H16F2N2O5/c1-11(24)23-14-6-7-15(16(21)8-14)17(25)10-28-18(26)9-22-19(27)12-2-4-13(20)5-3-12/h2-8H,9-10H2,1H3,(H,22,27)(H,23,24). The molecule has 146 valence electrons. The minimum atomic E-state index is -0.904. The lowest BCUT2D eigenvalue weighted by Crippen LogP contribution is -2.31. The monoisotopic (exact) mass is 390 g/mol. The van der Waals surface area contributed by atoms with Crippen LogP contribution in [0.5, 0.6) is 0 Å². The predicted octanol–water partition coefficient (Wildman–Crippen LogP) is 2.08. The Kier molecular flexibility index (Phi) is 6.91. The van der Waals surface area contributed by atoms with E-state index in [0.29, 0.717) is 0 Å². The Morgan fingerprint density at radius 3 is 2.29 bits per heavy atom. The van der Waals surface area contributed by atoms with Crippen LogP contribution in [-0.2, 0) is 14.3 Å². The number of halogens is 2. The summed E-state index contributed by atoms with van der Waals surface area (Å²) in [6, 6.07) is 8.14. The van der Waals surface area contributed by atoms with Crippen molar-refractivity contribution in [3.8, 4) is 0 Å². The second-order valence-corrected chi connectivity index (χ2v) is 5.65. The minimum absolute atomic E-state index is 0.145. The Hall–Kier alpha value is -3.62.